The van der Waals surface area contributed by atoms with Gasteiger partial charge in [0.25, 0.3) is 11.8 Å². The molecule has 0 aromatic heterocycles. The normalized spacial score (nSPS) is 13.6. The molecule has 2 amide bonds. The second kappa shape index (κ2) is 33.4. The Hall–Kier alpha value is -1.91. The molecule has 0 spiro atoms. The minimum atomic E-state index is -4.38. The predicted octanol–water partition coefficient (Wildman–Crippen LogP) is 10.0. The standard InChI is InChI=1S/C41H75NO10P/c1-3-5-7-9-11-13-15-17-19-21-23-25-27-29-40(45)49-35-37(36-51-53(47,48)50-34-33-42-38(43)31-32-39(42)44)52-41(46)30-28-26-24-22-20-18-16-14-12-10-8-6-4-2/h31-32,37,47-48H,3-30,33-36H2,1-2H3/q+1. The Morgan fingerprint density at radius 1 is 0.566 bits per heavy atom. The van der Waals surface area contributed by atoms with Gasteiger partial charge in [-0.3, -0.25) is 24.1 Å². The highest BCUT2D eigenvalue weighted by molar-refractivity contribution is 7.54. The smallest absolute Gasteiger partial charge is 0.462 e. The van der Waals surface area contributed by atoms with Crippen molar-refractivity contribution in [3.8, 4) is 0 Å². The molecule has 11 nitrogen and oxygen atoms in total. The number of rotatable bonds is 38. The van der Waals surface area contributed by atoms with Crippen molar-refractivity contribution in [3.63, 3.8) is 0 Å². The number of nitrogens with zero attached hydrogens (tertiary/aromatic N) is 1. The van der Waals surface area contributed by atoms with Gasteiger partial charge in [-0.25, -0.2) is 0 Å². The van der Waals surface area contributed by atoms with Crippen LogP contribution in [0, 0.1) is 0 Å². The van der Waals surface area contributed by atoms with E-state index in [0.29, 0.717) is 12.8 Å². The first-order valence-electron chi connectivity index (χ1n) is 21.2. The molecule has 1 atom stereocenters. The first-order valence-corrected chi connectivity index (χ1v) is 22.7. The van der Waals surface area contributed by atoms with Gasteiger partial charge in [-0.05, 0) is 12.8 Å². The summed E-state index contributed by atoms with van der Waals surface area (Å²) in [6.45, 7) is 3.17. The molecule has 1 aliphatic rings. The SMILES string of the molecule is CCCCCCCCCCCCCCCC(=O)OCC(CO[P+](O)(O)OCCN1C(=O)C=CC1=O)OC(=O)CCCCCCCCCCCCCCC. The topological polar surface area (TPSA) is 149 Å². The van der Waals surface area contributed by atoms with Crippen LogP contribution in [0.1, 0.15) is 194 Å². The Bertz CT molecular complexity index is 974. The van der Waals surface area contributed by atoms with E-state index in [4.69, 9.17) is 18.5 Å². The van der Waals surface area contributed by atoms with E-state index in [2.05, 4.69) is 13.8 Å². The molecule has 0 aromatic rings. The van der Waals surface area contributed by atoms with Crippen LogP contribution < -0.4 is 0 Å². The molecule has 0 saturated carbocycles. The van der Waals surface area contributed by atoms with Gasteiger partial charge in [-0.1, -0.05) is 168 Å². The van der Waals surface area contributed by atoms with Crippen LogP contribution >= 0.6 is 8.17 Å². The first kappa shape index (κ1) is 49.1. The van der Waals surface area contributed by atoms with Crippen LogP contribution in [0.2, 0.25) is 0 Å². The Labute approximate surface area is 322 Å². The maximum absolute atomic E-state index is 12.7. The largest absolute Gasteiger partial charge is 0.570 e. The van der Waals surface area contributed by atoms with Gasteiger partial charge in [0, 0.05) is 25.0 Å². The van der Waals surface area contributed by atoms with Crippen LogP contribution in [-0.2, 0) is 37.7 Å². The van der Waals surface area contributed by atoms with Crippen molar-refractivity contribution in [2.45, 2.75) is 200 Å². The van der Waals surface area contributed by atoms with Gasteiger partial charge in [0.05, 0.1) is 6.54 Å². The molecule has 1 rings (SSSR count). The average Bonchev–Trinajstić information content (AvgIpc) is 3.45. The van der Waals surface area contributed by atoms with Crippen molar-refractivity contribution in [1.29, 1.82) is 0 Å². The van der Waals surface area contributed by atoms with Gasteiger partial charge in [-0.15, -0.1) is 4.52 Å². The summed E-state index contributed by atoms with van der Waals surface area (Å²) in [4.78, 5) is 70.0. The Kier molecular flexibility index (Phi) is 31.0. The second-order valence-electron chi connectivity index (χ2n) is 14.6. The van der Waals surface area contributed by atoms with Gasteiger partial charge in [0.2, 0.25) is 0 Å². The number of amides is 2. The van der Waals surface area contributed by atoms with Crippen LogP contribution in [0.25, 0.3) is 0 Å². The molecule has 1 unspecified atom stereocenters. The Morgan fingerprint density at radius 3 is 1.36 bits per heavy atom. The van der Waals surface area contributed by atoms with Gasteiger partial charge in [0.15, 0.2) is 6.10 Å². The monoisotopic (exact) mass is 773 g/mol. The molecule has 12 heteroatoms. The number of unbranched alkanes of at least 4 members (excludes halogenated alkanes) is 24. The fourth-order valence-electron chi connectivity index (χ4n) is 6.31. The molecular weight excluding hydrogens is 697 g/mol. The summed E-state index contributed by atoms with van der Waals surface area (Å²) in [6.07, 6.45) is 32.8. The quantitative estimate of drug-likeness (QED) is 0.0269. The number of hydrogen-bond donors (Lipinski definition) is 2. The summed E-state index contributed by atoms with van der Waals surface area (Å²) >= 11 is 0. The van der Waals surface area contributed by atoms with Gasteiger partial charge >= 0.3 is 20.1 Å². The van der Waals surface area contributed by atoms with Crippen LogP contribution in [0.3, 0.4) is 0 Å². The van der Waals surface area contributed by atoms with E-state index >= 15 is 0 Å². The number of carbonyl (C=O) groups is 4. The fraction of sp³-hybridized carbons (Fsp3) is 0.854. The van der Waals surface area contributed by atoms with Gasteiger partial charge in [0.1, 0.15) is 19.8 Å². The number of hydrogen-bond acceptors (Lipinski definition) is 10. The van der Waals surface area contributed by atoms with E-state index in [0.717, 1.165) is 55.6 Å². The zero-order valence-electron chi connectivity index (χ0n) is 33.4. The van der Waals surface area contributed by atoms with Gasteiger partial charge in [-0.2, -0.15) is 14.3 Å². The molecule has 0 fully saturated rings. The highest BCUT2D eigenvalue weighted by atomic mass is 31.2. The lowest BCUT2D eigenvalue weighted by atomic mass is 10.0. The van der Waals surface area contributed by atoms with E-state index < -0.39 is 44.6 Å². The summed E-state index contributed by atoms with van der Waals surface area (Å²) in [5.74, 6) is -1.93. The molecule has 0 aromatic carbocycles. The van der Waals surface area contributed by atoms with Crippen molar-refractivity contribution < 1.29 is 47.5 Å². The Balaban J connectivity index is 2.35. The lowest BCUT2D eigenvalue weighted by molar-refractivity contribution is -0.161. The summed E-state index contributed by atoms with van der Waals surface area (Å²) in [5, 5.41) is 0. The summed E-state index contributed by atoms with van der Waals surface area (Å²) in [7, 11) is -4.38. The molecule has 1 aliphatic heterocycles. The van der Waals surface area contributed by atoms with Crippen molar-refractivity contribution >= 4 is 31.9 Å². The van der Waals surface area contributed by atoms with Crippen molar-refractivity contribution in [2.24, 2.45) is 0 Å². The van der Waals surface area contributed by atoms with E-state index in [1.165, 1.54) is 116 Å². The summed E-state index contributed by atoms with van der Waals surface area (Å²) in [6, 6.07) is 0. The van der Waals surface area contributed by atoms with E-state index in [1.807, 2.05) is 0 Å². The highest BCUT2D eigenvalue weighted by Crippen LogP contribution is 2.52. The second-order valence-corrected chi connectivity index (χ2v) is 16.1. The molecule has 0 bridgehead atoms. The first-order chi connectivity index (χ1) is 25.7. The van der Waals surface area contributed by atoms with Crippen molar-refractivity contribution in [2.75, 3.05) is 26.4 Å². The van der Waals surface area contributed by atoms with Crippen molar-refractivity contribution in [1.82, 2.24) is 4.90 Å². The summed E-state index contributed by atoms with van der Waals surface area (Å²) in [5.41, 5.74) is 0. The number of ether oxygens (including phenoxy) is 2. The molecule has 1 heterocycles. The molecule has 0 radical (unpaired) electrons. The number of carbonyl (C=O) groups excluding carboxylic acids is 4. The highest BCUT2D eigenvalue weighted by Gasteiger charge is 2.41. The lowest BCUT2D eigenvalue weighted by Crippen LogP contribution is -2.33. The molecule has 53 heavy (non-hydrogen) atoms. The zero-order chi connectivity index (χ0) is 38.8. The number of imide groups is 1. The van der Waals surface area contributed by atoms with Gasteiger partial charge < -0.3 is 9.47 Å². The van der Waals surface area contributed by atoms with Crippen LogP contribution in [-0.4, -0.2) is 70.9 Å². The Morgan fingerprint density at radius 2 is 0.943 bits per heavy atom. The molecule has 2 N–H and O–H groups in total. The predicted molar refractivity (Wildman–Crippen MR) is 211 cm³/mol. The third-order valence-electron chi connectivity index (χ3n) is 9.60. The van der Waals surface area contributed by atoms with E-state index in [1.54, 1.807) is 0 Å². The summed E-state index contributed by atoms with van der Waals surface area (Å²) < 4.78 is 21.1. The van der Waals surface area contributed by atoms with Crippen molar-refractivity contribution in [3.05, 3.63) is 12.2 Å². The van der Waals surface area contributed by atoms with E-state index in [9.17, 15) is 29.0 Å². The third-order valence-corrected chi connectivity index (χ3v) is 10.6. The average molecular weight is 773 g/mol. The molecule has 308 valence electrons. The minimum absolute atomic E-state index is 0.189. The minimum Gasteiger partial charge on any atom is -0.462 e. The van der Waals surface area contributed by atoms with Crippen LogP contribution in [0.4, 0.5) is 0 Å². The fourth-order valence-corrected chi connectivity index (χ4v) is 7.07. The maximum atomic E-state index is 12.7. The third kappa shape index (κ3) is 29.1. The maximum Gasteiger partial charge on any atom is 0.570 e. The lowest BCUT2D eigenvalue weighted by Gasteiger charge is -2.19. The van der Waals surface area contributed by atoms with Crippen LogP contribution in [0.15, 0.2) is 12.2 Å². The van der Waals surface area contributed by atoms with Crippen LogP contribution in [0.5, 0.6) is 0 Å². The zero-order valence-corrected chi connectivity index (χ0v) is 34.3. The number of esters is 2. The molecule has 0 saturated heterocycles. The molecular formula is C41H75NO10P+. The molecule has 0 aliphatic carbocycles. The van der Waals surface area contributed by atoms with E-state index in [-0.39, 0.29) is 32.6 Å².